The minimum atomic E-state index is -0.111. The minimum absolute atomic E-state index is 0.0199. The first-order valence-electron chi connectivity index (χ1n) is 8.37. The van der Waals surface area contributed by atoms with Crippen molar-refractivity contribution >= 4 is 28.9 Å². The van der Waals surface area contributed by atoms with Gasteiger partial charge in [0, 0.05) is 23.0 Å². The zero-order valence-corrected chi connectivity index (χ0v) is 15.1. The summed E-state index contributed by atoms with van der Waals surface area (Å²) in [5.74, 6) is -0.194. The van der Waals surface area contributed by atoms with Crippen molar-refractivity contribution in [2.24, 2.45) is 5.92 Å². The molecule has 0 atom stereocenters. The number of rotatable bonds is 6. The third kappa shape index (κ3) is 5.64. The predicted molar refractivity (Wildman–Crippen MR) is 103 cm³/mol. The second-order valence-corrected chi connectivity index (χ2v) is 6.42. The molecule has 0 saturated heterocycles. The smallest absolute Gasteiger partial charge is 0.243 e. The molecule has 0 radical (unpaired) electrons. The summed E-state index contributed by atoms with van der Waals surface area (Å²) >= 11 is 0. The molecule has 0 bridgehead atoms. The van der Waals surface area contributed by atoms with Gasteiger partial charge in [-0.2, -0.15) is 0 Å². The number of carbonyl (C=O) groups is 2. The Morgan fingerprint density at radius 2 is 1.44 bits per heavy atom. The van der Waals surface area contributed by atoms with E-state index in [-0.39, 0.29) is 24.3 Å². The van der Waals surface area contributed by atoms with E-state index < -0.39 is 0 Å². The Labute approximate surface area is 148 Å². The summed E-state index contributed by atoms with van der Waals surface area (Å²) in [6, 6.07) is 13.1. The number of hydrogen-bond acceptors (Lipinski definition) is 3. The molecule has 0 aromatic heterocycles. The van der Waals surface area contributed by atoms with E-state index in [9.17, 15) is 9.59 Å². The van der Waals surface area contributed by atoms with Crippen LogP contribution in [0.3, 0.4) is 0 Å². The summed E-state index contributed by atoms with van der Waals surface area (Å²) in [7, 11) is 0. The van der Waals surface area contributed by atoms with E-state index in [1.807, 2.05) is 70.2 Å². The summed E-state index contributed by atoms with van der Waals surface area (Å²) < 4.78 is 0. The molecule has 5 heteroatoms. The Morgan fingerprint density at radius 1 is 0.840 bits per heavy atom. The summed E-state index contributed by atoms with van der Waals surface area (Å²) in [6.07, 6.45) is 0. The standard InChI is InChI=1S/C20H25N3O2/c1-13(2)20(25)23-17-9-7-16(8-10-17)21-12-19(24)22-18-6-5-14(3)15(4)11-18/h5-11,13,21H,12H2,1-4H3,(H,22,24)(H,23,25). The second-order valence-electron chi connectivity index (χ2n) is 6.42. The normalized spacial score (nSPS) is 10.4. The highest BCUT2D eigenvalue weighted by molar-refractivity contribution is 5.94. The Hall–Kier alpha value is -2.82. The van der Waals surface area contributed by atoms with Crippen LogP contribution in [0.15, 0.2) is 42.5 Å². The van der Waals surface area contributed by atoms with Crippen molar-refractivity contribution in [2.75, 3.05) is 22.5 Å². The maximum Gasteiger partial charge on any atom is 0.243 e. The Morgan fingerprint density at radius 3 is 2.04 bits per heavy atom. The van der Waals surface area contributed by atoms with Crippen molar-refractivity contribution in [1.29, 1.82) is 0 Å². The first kappa shape index (κ1) is 18.5. The van der Waals surface area contributed by atoms with Gasteiger partial charge in [-0.25, -0.2) is 0 Å². The SMILES string of the molecule is Cc1ccc(NC(=O)CNc2ccc(NC(=O)C(C)C)cc2)cc1C. The predicted octanol–water partition coefficient (Wildman–Crippen LogP) is 3.95. The van der Waals surface area contributed by atoms with Crippen molar-refractivity contribution in [3.8, 4) is 0 Å². The minimum Gasteiger partial charge on any atom is -0.376 e. The van der Waals surface area contributed by atoms with Crippen LogP contribution in [0.25, 0.3) is 0 Å². The summed E-state index contributed by atoms with van der Waals surface area (Å²) in [5, 5.41) is 8.77. The average Bonchev–Trinajstić information content (AvgIpc) is 2.57. The number of benzene rings is 2. The molecular weight excluding hydrogens is 314 g/mol. The fourth-order valence-electron chi connectivity index (χ4n) is 2.16. The quantitative estimate of drug-likeness (QED) is 0.746. The third-order valence-electron chi connectivity index (χ3n) is 3.92. The summed E-state index contributed by atoms with van der Waals surface area (Å²) in [6.45, 7) is 7.92. The fourth-order valence-corrected chi connectivity index (χ4v) is 2.16. The molecule has 0 fully saturated rings. The van der Waals surface area contributed by atoms with E-state index in [1.54, 1.807) is 0 Å². The van der Waals surface area contributed by atoms with Crippen LogP contribution in [0, 0.1) is 19.8 Å². The fraction of sp³-hybridized carbons (Fsp3) is 0.300. The molecule has 0 unspecified atom stereocenters. The van der Waals surface area contributed by atoms with Crippen LogP contribution in [-0.2, 0) is 9.59 Å². The molecule has 0 saturated carbocycles. The van der Waals surface area contributed by atoms with E-state index in [2.05, 4.69) is 16.0 Å². The lowest BCUT2D eigenvalue weighted by atomic mass is 10.1. The lowest BCUT2D eigenvalue weighted by molar-refractivity contribution is -0.119. The van der Waals surface area contributed by atoms with Crippen LogP contribution in [-0.4, -0.2) is 18.4 Å². The topological polar surface area (TPSA) is 70.2 Å². The molecule has 132 valence electrons. The zero-order chi connectivity index (χ0) is 18.4. The van der Waals surface area contributed by atoms with Crippen LogP contribution < -0.4 is 16.0 Å². The van der Waals surface area contributed by atoms with Gasteiger partial charge in [-0.3, -0.25) is 9.59 Å². The maximum absolute atomic E-state index is 12.0. The van der Waals surface area contributed by atoms with Crippen molar-refractivity contribution in [3.63, 3.8) is 0 Å². The van der Waals surface area contributed by atoms with Crippen molar-refractivity contribution < 1.29 is 9.59 Å². The molecular formula is C20H25N3O2. The van der Waals surface area contributed by atoms with E-state index in [1.165, 1.54) is 5.56 Å². The number of anilines is 3. The number of aryl methyl sites for hydroxylation is 2. The van der Waals surface area contributed by atoms with Gasteiger partial charge in [0.25, 0.3) is 0 Å². The van der Waals surface area contributed by atoms with Crippen LogP contribution in [0.4, 0.5) is 17.1 Å². The van der Waals surface area contributed by atoms with E-state index in [0.29, 0.717) is 0 Å². The van der Waals surface area contributed by atoms with Gasteiger partial charge in [0.2, 0.25) is 11.8 Å². The number of carbonyl (C=O) groups excluding carboxylic acids is 2. The highest BCUT2D eigenvalue weighted by atomic mass is 16.2. The molecule has 0 spiro atoms. The van der Waals surface area contributed by atoms with Gasteiger partial charge in [0.1, 0.15) is 0 Å². The number of nitrogens with one attached hydrogen (secondary N) is 3. The van der Waals surface area contributed by atoms with Crippen LogP contribution in [0.5, 0.6) is 0 Å². The Kier molecular flexibility index (Phi) is 6.17. The van der Waals surface area contributed by atoms with Gasteiger partial charge >= 0.3 is 0 Å². The van der Waals surface area contributed by atoms with Crippen molar-refractivity contribution in [1.82, 2.24) is 0 Å². The highest BCUT2D eigenvalue weighted by Gasteiger charge is 2.07. The van der Waals surface area contributed by atoms with E-state index in [4.69, 9.17) is 0 Å². The van der Waals surface area contributed by atoms with Crippen LogP contribution in [0.2, 0.25) is 0 Å². The zero-order valence-electron chi connectivity index (χ0n) is 15.1. The Bertz CT molecular complexity index is 752. The molecule has 2 rings (SSSR count). The molecule has 3 N–H and O–H groups in total. The van der Waals surface area contributed by atoms with Gasteiger partial charge in [-0.15, -0.1) is 0 Å². The van der Waals surface area contributed by atoms with E-state index in [0.717, 1.165) is 22.6 Å². The third-order valence-corrected chi connectivity index (χ3v) is 3.92. The molecule has 0 aliphatic carbocycles. The molecule has 0 aliphatic rings. The van der Waals surface area contributed by atoms with Gasteiger partial charge < -0.3 is 16.0 Å². The Balaban J connectivity index is 1.85. The molecule has 5 nitrogen and oxygen atoms in total. The van der Waals surface area contributed by atoms with Crippen molar-refractivity contribution in [2.45, 2.75) is 27.7 Å². The van der Waals surface area contributed by atoms with Crippen LogP contribution in [0.1, 0.15) is 25.0 Å². The maximum atomic E-state index is 12.0. The first-order valence-corrected chi connectivity index (χ1v) is 8.37. The molecule has 2 aromatic carbocycles. The number of hydrogen-bond donors (Lipinski definition) is 3. The monoisotopic (exact) mass is 339 g/mol. The molecule has 25 heavy (non-hydrogen) atoms. The molecule has 0 aliphatic heterocycles. The summed E-state index contributed by atoms with van der Waals surface area (Å²) in [4.78, 5) is 23.7. The molecule has 0 heterocycles. The van der Waals surface area contributed by atoms with Gasteiger partial charge in [-0.1, -0.05) is 19.9 Å². The van der Waals surface area contributed by atoms with Gasteiger partial charge in [0.15, 0.2) is 0 Å². The second kappa shape index (κ2) is 8.33. The van der Waals surface area contributed by atoms with Gasteiger partial charge in [-0.05, 0) is 61.4 Å². The largest absolute Gasteiger partial charge is 0.376 e. The van der Waals surface area contributed by atoms with E-state index >= 15 is 0 Å². The van der Waals surface area contributed by atoms with Crippen LogP contribution >= 0.6 is 0 Å². The lowest BCUT2D eigenvalue weighted by Crippen LogP contribution is -2.21. The highest BCUT2D eigenvalue weighted by Crippen LogP contribution is 2.16. The molecule has 2 amide bonds. The lowest BCUT2D eigenvalue weighted by Gasteiger charge is -2.11. The number of amides is 2. The van der Waals surface area contributed by atoms with Gasteiger partial charge in [0.05, 0.1) is 6.54 Å². The first-order chi connectivity index (χ1) is 11.8. The van der Waals surface area contributed by atoms with Crippen molar-refractivity contribution in [3.05, 3.63) is 53.6 Å². The summed E-state index contributed by atoms with van der Waals surface area (Å²) in [5.41, 5.74) is 4.69. The molecule has 2 aromatic rings. The average molecular weight is 339 g/mol.